The number of benzene rings is 1. The van der Waals surface area contributed by atoms with Crippen LogP contribution in [0.15, 0.2) is 18.2 Å². The molecule has 94 valence electrons. The average Bonchev–Trinajstić information content (AvgIpc) is 2.27. The standard InChI is InChI=1S/C12H14F2O3/c1-7(2)8-4-5-9(11(15)16-3)10(6-8)17-12(13)14/h4-7,12H,1-3H3. The number of alkyl halides is 2. The van der Waals surface area contributed by atoms with E-state index >= 15 is 0 Å². The summed E-state index contributed by atoms with van der Waals surface area (Å²) in [6.45, 7) is 0.860. The smallest absolute Gasteiger partial charge is 0.387 e. The predicted molar refractivity (Wildman–Crippen MR) is 58.5 cm³/mol. The van der Waals surface area contributed by atoms with Crippen molar-refractivity contribution in [2.24, 2.45) is 0 Å². The number of esters is 1. The number of ether oxygens (including phenoxy) is 2. The van der Waals surface area contributed by atoms with Gasteiger partial charge in [-0.3, -0.25) is 0 Å². The van der Waals surface area contributed by atoms with Crippen LogP contribution in [0.1, 0.15) is 35.7 Å². The zero-order valence-corrected chi connectivity index (χ0v) is 9.87. The van der Waals surface area contributed by atoms with Gasteiger partial charge in [0.1, 0.15) is 11.3 Å². The van der Waals surface area contributed by atoms with Crippen LogP contribution in [0.4, 0.5) is 8.78 Å². The van der Waals surface area contributed by atoms with Crippen LogP contribution in [0.25, 0.3) is 0 Å². The fourth-order valence-electron chi connectivity index (χ4n) is 1.37. The van der Waals surface area contributed by atoms with Crippen LogP contribution in [-0.4, -0.2) is 19.7 Å². The molecule has 0 aliphatic carbocycles. The summed E-state index contributed by atoms with van der Waals surface area (Å²) in [5, 5.41) is 0. The van der Waals surface area contributed by atoms with Gasteiger partial charge in [-0.1, -0.05) is 19.9 Å². The molecule has 0 N–H and O–H groups in total. The Morgan fingerprint density at radius 1 is 1.29 bits per heavy atom. The van der Waals surface area contributed by atoms with Crippen LogP contribution < -0.4 is 4.74 Å². The number of carbonyl (C=O) groups excluding carboxylic acids is 1. The highest BCUT2D eigenvalue weighted by Crippen LogP contribution is 2.26. The second-order valence-corrected chi connectivity index (χ2v) is 3.78. The van der Waals surface area contributed by atoms with E-state index in [0.29, 0.717) is 0 Å². The van der Waals surface area contributed by atoms with E-state index in [-0.39, 0.29) is 17.2 Å². The quantitative estimate of drug-likeness (QED) is 0.763. The number of hydrogen-bond acceptors (Lipinski definition) is 3. The third kappa shape index (κ3) is 3.41. The maximum absolute atomic E-state index is 12.2. The lowest BCUT2D eigenvalue weighted by Crippen LogP contribution is -2.10. The topological polar surface area (TPSA) is 35.5 Å². The molecule has 0 spiro atoms. The maximum atomic E-state index is 12.2. The molecule has 0 aliphatic heterocycles. The molecule has 0 amide bonds. The summed E-state index contributed by atoms with van der Waals surface area (Å²) in [5.41, 5.74) is 0.811. The molecule has 0 aliphatic rings. The first-order valence-corrected chi connectivity index (χ1v) is 5.12. The number of halogens is 2. The fraction of sp³-hybridized carbons (Fsp3) is 0.417. The Kier molecular flexibility index (Phi) is 4.43. The highest BCUT2D eigenvalue weighted by molar-refractivity contribution is 5.92. The number of carbonyl (C=O) groups is 1. The Morgan fingerprint density at radius 2 is 1.94 bits per heavy atom. The summed E-state index contributed by atoms with van der Waals surface area (Å²) >= 11 is 0. The lowest BCUT2D eigenvalue weighted by molar-refractivity contribution is -0.0504. The minimum Gasteiger partial charge on any atom is -0.465 e. The minimum absolute atomic E-state index is 0.00259. The molecule has 0 atom stereocenters. The van der Waals surface area contributed by atoms with Crippen molar-refractivity contribution in [3.63, 3.8) is 0 Å². The van der Waals surface area contributed by atoms with E-state index in [2.05, 4.69) is 9.47 Å². The van der Waals surface area contributed by atoms with Gasteiger partial charge in [-0.05, 0) is 23.6 Å². The number of hydrogen-bond donors (Lipinski definition) is 0. The van der Waals surface area contributed by atoms with Crippen LogP contribution in [0.2, 0.25) is 0 Å². The SMILES string of the molecule is COC(=O)c1ccc(C(C)C)cc1OC(F)F. The minimum atomic E-state index is -2.97. The highest BCUT2D eigenvalue weighted by Gasteiger charge is 2.17. The monoisotopic (exact) mass is 244 g/mol. The van der Waals surface area contributed by atoms with Crippen molar-refractivity contribution in [3.05, 3.63) is 29.3 Å². The Morgan fingerprint density at radius 3 is 2.41 bits per heavy atom. The van der Waals surface area contributed by atoms with Crippen molar-refractivity contribution >= 4 is 5.97 Å². The number of methoxy groups -OCH3 is 1. The van der Waals surface area contributed by atoms with E-state index in [0.717, 1.165) is 5.56 Å². The zero-order valence-electron chi connectivity index (χ0n) is 9.87. The van der Waals surface area contributed by atoms with E-state index < -0.39 is 12.6 Å². The number of rotatable bonds is 4. The fourth-order valence-corrected chi connectivity index (χ4v) is 1.37. The highest BCUT2D eigenvalue weighted by atomic mass is 19.3. The zero-order chi connectivity index (χ0) is 13.0. The van der Waals surface area contributed by atoms with E-state index in [1.807, 2.05) is 13.8 Å². The van der Waals surface area contributed by atoms with Crippen molar-refractivity contribution < 1.29 is 23.0 Å². The van der Waals surface area contributed by atoms with Gasteiger partial charge in [0, 0.05) is 0 Å². The van der Waals surface area contributed by atoms with Gasteiger partial charge in [-0.25, -0.2) is 4.79 Å². The van der Waals surface area contributed by atoms with Gasteiger partial charge in [-0.15, -0.1) is 0 Å². The van der Waals surface area contributed by atoms with E-state index in [1.165, 1.54) is 19.2 Å². The van der Waals surface area contributed by atoms with Gasteiger partial charge in [0.2, 0.25) is 0 Å². The van der Waals surface area contributed by atoms with Crippen molar-refractivity contribution in [1.82, 2.24) is 0 Å². The molecule has 0 heterocycles. The molecule has 1 aromatic carbocycles. The van der Waals surface area contributed by atoms with E-state index in [1.54, 1.807) is 6.07 Å². The van der Waals surface area contributed by atoms with Gasteiger partial charge in [0.25, 0.3) is 0 Å². The van der Waals surface area contributed by atoms with Gasteiger partial charge >= 0.3 is 12.6 Å². The predicted octanol–water partition coefficient (Wildman–Crippen LogP) is 3.20. The van der Waals surface area contributed by atoms with Crippen LogP contribution in [-0.2, 0) is 4.74 Å². The molecular formula is C12H14F2O3. The molecule has 3 nitrogen and oxygen atoms in total. The van der Waals surface area contributed by atoms with E-state index in [9.17, 15) is 13.6 Å². The molecule has 1 aromatic rings. The van der Waals surface area contributed by atoms with Crippen LogP contribution in [0.3, 0.4) is 0 Å². The first kappa shape index (κ1) is 13.4. The lowest BCUT2D eigenvalue weighted by Gasteiger charge is -2.12. The maximum Gasteiger partial charge on any atom is 0.387 e. The molecule has 0 unspecified atom stereocenters. The summed E-state index contributed by atoms with van der Waals surface area (Å²) in [6.07, 6.45) is 0. The van der Waals surface area contributed by atoms with Gasteiger partial charge in [0.05, 0.1) is 7.11 Å². The summed E-state index contributed by atoms with van der Waals surface area (Å²) in [4.78, 5) is 11.3. The lowest BCUT2D eigenvalue weighted by atomic mass is 10.0. The molecule has 0 radical (unpaired) electrons. The van der Waals surface area contributed by atoms with Crippen molar-refractivity contribution in [3.8, 4) is 5.75 Å². The average molecular weight is 244 g/mol. The Balaban J connectivity index is 3.16. The summed E-state index contributed by atoms with van der Waals surface area (Å²) in [7, 11) is 1.19. The second kappa shape index (κ2) is 5.61. The largest absolute Gasteiger partial charge is 0.465 e. The molecule has 0 aromatic heterocycles. The molecule has 5 heteroatoms. The summed E-state index contributed by atoms with van der Waals surface area (Å²) < 4.78 is 33.3. The Bertz CT molecular complexity index is 403. The Hall–Kier alpha value is -1.65. The van der Waals surface area contributed by atoms with Crippen molar-refractivity contribution in [1.29, 1.82) is 0 Å². The Labute approximate surface area is 98.3 Å². The first-order valence-electron chi connectivity index (χ1n) is 5.12. The van der Waals surface area contributed by atoms with Crippen LogP contribution in [0, 0.1) is 0 Å². The molecule has 1 rings (SSSR count). The summed E-state index contributed by atoms with van der Waals surface area (Å²) in [5.74, 6) is -0.698. The molecule has 0 saturated carbocycles. The third-order valence-corrected chi connectivity index (χ3v) is 2.29. The molecule has 0 fully saturated rings. The normalized spacial score (nSPS) is 10.8. The van der Waals surface area contributed by atoms with E-state index in [4.69, 9.17) is 0 Å². The molecule has 0 bridgehead atoms. The van der Waals surface area contributed by atoms with Gasteiger partial charge in [0.15, 0.2) is 0 Å². The van der Waals surface area contributed by atoms with Crippen molar-refractivity contribution in [2.75, 3.05) is 7.11 Å². The van der Waals surface area contributed by atoms with Gasteiger partial charge in [-0.2, -0.15) is 8.78 Å². The molecular weight excluding hydrogens is 230 g/mol. The third-order valence-electron chi connectivity index (χ3n) is 2.29. The van der Waals surface area contributed by atoms with Crippen LogP contribution >= 0.6 is 0 Å². The summed E-state index contributed by atoms with van der Waals surface area (Å²) in [6, 6.07) is 4.55. The first-order chi connectivity index (χ1) is 7.95. The molecule has 17 heavy (non-hydrogen) atoms. The van der Waals surface area contributed by atoms with Crippen molar-refractivity contribution in [2.45, 2.75) is 26.4 Å². The van der Waals surface area contributed by atoms with Crippen LogP contribution in [0.5, 0.6) is 5.75 Å². The van der Waals surface area contributed by atoms with Gasteiger partial charge < -0.3 is 9.47 Å². The second-order valence-electron chi connectivity index (χ2n) is 3.78. The molecule has 0 saturated heterocycles.